The molecule has 3 saturated heterocycles. The number of esters is 1. The number of nitrogens with one attached hydrogen (secondary N) is 1. The monoisotopic (exact) mass is 450 g/mol. The molecule has 1 saturated carbocycles. The van der Waals surface area contributed by atoms with E-state index in [0.717, 1.165) is 64.6 Å². The third-order valence-electron chi connectivity index (χ3n) is 8.45. The van der Waals surface area contributed by atoms with Crippen LogP contribution in [-0.4, -0.2) is 53.6 Å². The molecule has 2 aliphatic carbocycles. The summed E-state index contributed by atoms with van der Waals surface area (Å²) in [6.45, 7) is 3.13. The lowest BCUT2D eigenvalue weighted by Crippen LogP contribution is -2.66. The van der Waals surface area contributed by atoms with Crippen LogP contribution in [0.15, 0.2) is 48.2 Å². The quantitative estimate of drug-likeness (QED) is 0.396. The number of hydrogen-bond acceptors (Lipinski definition) is 4. The van der Waals surface area contributed by atoms with E-state index in [1.54, 1.807) is 6.20 Å². The molecular weight excluding hydrogens is 414 g/mol. The highest BCUT2D eigenvalue weighted by molar-refractivity contribution is 5.90. The van der Waals surface area contributed by atoms with Crippen molar-refractivity contribution in [3.8, 4) is 0 Å². The van der Waals surface area contributed by atoms with E-state index in [0.29, 0.717) is 22.8 Å². The molecule has 0 aromatic carbocycles. The van der Waals surface area contributed by atoms with Gasteiger partial charge in [-0.05, 0) is 37.0 Å². The third-order valence-corrected chi connectivity index (χ3v) is 8.45. The first-order chi connectivity index (χ1) is 16.1. The van der Waals surface area contributed by atoms with Crippen molar-refractivity contribution < 1.29 is 18.8 Å². The lowest BCUT2D eigenvalue weighted by Gasteiger charge is -2.52. The maximum atomic E-state index is 13.8. The Labute approximate surface area is 196 Å². The predicted molar refractivity (Wildman–Crippen MR) is 127 cm³/mol. The Morgan fingerprint density at radius 2 is 1.91 bits per heavy atom. The van der Waals surface area contributed by atoms with Gasteiger partial charge in [-0.15, -0.1) is 0 Å². The van der Waals surface area contributed by atoms with Crippen LogP contribution < -0.4 is 5.32 Å². The molecule has 1 amide bonds. The number of amides is 1. The standard InChI is InChI=1S/C27H35N3O3/c31-25(29-24-11-5-8-16-28-24)20-30-17-12-21(13-18-30)23(19-30)33-26(32)27(22-9-3-4-10-22)14-6-1-2-7-15-27/h3-5,8-9,11,16,21,23H,1-2,6-7,10,12-15,17-20H2/p+1/t21?,23-,30?/m0/s1. The summed E-state index contributed by atoms with van der Waals surface area (Å²) < 4.78 is 7.11. The van der Waals surface area contributed by atoms with E-state index in [1.165, 1.54) is 18.4 Å². The van der Waals surface area contributed by atoms with Gasteiger partial charge in [-0.1, -0.05) is 50.0 Å². The summed E-state index contributed by atoms with van der Waals surface area (Å²) in [6.07, 6.45) is 17.3. The van der Waals surface area contributed by atoms with Crippen LogP contribution >= 0.6 is 0 Å². The lowest BCUT2D eigenvalue weighted by molar-refractivity contribution is -0.939. The molecule has 0 radical (unpaired) electrons. The van der Waals surface area contributed by atoms with E-state index in [2.05, 4.69) is 28.5 Å². The van der Waals surface area contributed by atoms with Crippen molar-refractivity contribution in [1.82, 2.24) is 4.98 Å². The third kappa shape index (κ3) is 4.63. The summed E-state index contributed by atoms with van der Waals surface area (Å²) in [7, 11) is 0. The summed E-state index contributed by atoms with van der Waals surface area (Å²) in [5, 5.41) is 2.94. The van der Waals surface area contributed by atoms with Crippen molar-refractivity contribution in [2.24, 2.45) is 11.3 Å². The van der Waals surface area contributed by atoms with Gasteiger partial charge in [0.05, 0.1) is 18.5 Å². The first-order valence-corrected chi connectivity index (χ1v) is 12.7. The molecule has 6 nitrogen and oxygen atoms in total. The van der Waals surface area contributed by atoms with Crippen molar-refractivity contribution >= 4 is 17.7 Å². The molecule has 6 heteroatoms. The Bertz CT molecular complexity index is 923. The van der Waals surface area contributed by atoms with E-state index in [-0.39, 0.29) is 18.0 Å². The number of pyridine rings is 1. The van der Waals surface area contributed by atoms with Gasteiger partial charge in [-0.25, -0.2) is 4.98 Å². The van der Waals surface area contributed by atoms with E-state index >= 15 is 0 Å². The second kappa shape index (κ2) is 9.41. The second-order valence-corrected chi connectivity index (χ2v) is 10.5. The topological polar surface area (TPSA) is 68.3 Å². The lowest BCUT2D eigenvalue weighted by atomic mass is 9.73. The number of carbonyl (C=O) groups is 2. The van der Waals surface area contributed by atoms with Crippen LogP contribution in [0.3, 0.4) is 0 Å². The van der Waals surface area contributed by atoms with Gasteiger partial charge in [-0.3, -0.25) is 9.59 Å². The largest absolute Gasteiger partial charge is 0.455 e. The Kier molecular flexibility index (Phi) is 6.37. The highest BCUT2D eigenvalue weighted by Gasteiger charge is 2.51. The molecule has 6 rings (SSSR count). The summed E-state index contributed by atoms with van der Waals surface area (Å²) in [5.41, 5.74) is 0.794. The Hall–Kier alpha value is -2.47. The highest BCUT2D eigenvalue weighted by Crippen LogP contribution is 2.46. The van der Waals surface area contributed by atoms with Crippen molar-refractivity contribution in [2.45, 2.75) is 63.9 Å². The number of anilines is 1. The molecule has 33 heavy (non-hydrogen) atoms. The zero-order chi connectivity index (χ0) is 22.7. The summed E-state index contributed by atoms with van der Waals surface area (Å²) in [4.78, 5) is 30.8. The fraction of sp³-hybridized carbons (Fsp3) is 0.593. The number of aromatic nitrogens is 1. The molecule has 1 aromatic rings. The smallest absolute Gasteiger partial charge is 0.316 e. The minimum atomic E-state index is -0.451. The van der Waals surface area contributed by atoms with Gasteiger partial charge < -0.3 is 14.5 Å². The maximum absolute atomic E-state index is 13.8. The van der Waals surface area contributed by atoms with Crippen molar-refractivity contribution in [1.29, 1.82) is 0 Å². The number of allylic oxidation sites excluding steroid dienone is 3. The zero-order valence-corrected chi connectivity index (χ0v) is 19.5. The Morgan fingerprint density at radius 1 is 1.12 bits per heavy atom. The molecule has 4 heterocycles. The Balaban J connectivity index is 1.27. The van der Waals surface area contributed by atoms with Crippen molar-refractivity contribution in [2.75, 3.05) is 31.5 Å². The van der Waals surface area contributed by atoms with Crippen LogP contribution in [0.4, 0.5) is 5.82 Å². The number of quaternary nitrogens is 1. The molecular formula is C27H36N3O3+. The highest BCUT2D eigenvalue weighted by atomic mass is 16.5. The molecule has 1 atom stereocenters. The van der Waals surface area contributed by atoms with Gasteiger partial charge in [0, 0.05) is 25.0 Å². The maximum Gasteiger partial charge on any atom is 0.316 e. The van der Waals surface area contributed by atoms with E-state index < -0.39 is 5.41 Å². The molecule has 1 aromatic heterocycles. The number of nitrogens with zero attached hydrogens (tertiary/aromatic N) is 2. The van der Waals surface area contributed by atoms with Crippen LogP contribution in [0.5, 0.6) is 0 Å². The minimum Gasteiger partial charge on any atom is -0.455 e. The van der Waals surface area contributed by atoms with Crippen LogP contribution in [0.1, 0.15) is 57.8 Å². The molecule has 4 fully saturated rings. The van der Waals surface area contributed by atoms with E-state index in [4.69, 9.17) is 4.74 Å². The number of fused-ring (bicyclic) bond motifs is 3. The van der Waals surface area contributed by atoms with Crippen LogP contribution in [0.25, 0.3) is 0 Å². The number of ether oxygens (including phenoxy) is 1. The van der Waals surface area contributed by atoms with Crippen molar-refractivity contribution in [3.05, 3.63) is 48.2 Å². The fourth-order valence-electron chi connectivity index (χ4n) is 6.54. The average Bonchev–Trinajstić information content (AvgIpc) is 3.25. The predicted octanol–water partition coefficient (Wildman–Crippen LogP) is 4.40. The van der Waals surface area contributed by atoms with Crippen LogP contribution in [-0.2, 0) is 14.3 Å². The van der Waals surface area contributed by atoms with Crippen LogP contribution in [0.2, 0.25) is 0 Å². The normalized spacial score (nSPS) is 30.4. The SMILES string of the molecule is O=C(C[N+]12CCC(CC1)[C@@H](OC(=O)C1(C3=CC=CC3)CCCCCC1)C2)Nc1ccccn1. The number of rotatable bonds is 6. The van der Waals surface area contributed by atoms with E-state index in [1.807, 2.05) is 18.2 Å². The molecule has 1 N–H and O–H groups in total. The van der Waals surface area contributed by atoms with Gasteiger partial charge >= 0.3 is 5.97 Å². The Morgan fingerprint density at radius 3 is 2.58 bits per heavy atom. The molecule has 0 spiro atoms. The summed E-state index contributed by atoms with van der Waals surface area (Å²) in [5.74, 6) is 0.992. The molecule has 3 aliphatic heterocycles. The van der Waals surface area contributed by atoms with E-state index in [9.17, 15) is 9.59 Å². The molecule has 5 aliphatic rings. The molecule has 0 unspecified atom stereocenters. The summed E-state index contributed by atoms with van der Waals surface area (Å²) in [6, 6.07) is 5.52. The summed E-state index contributed by atoms with van der Waals surface area (Å²) >= 11 is 0. The first kappa shape index (κ1) is 22.3. The minimum absolute atomic E-state index is 0.00538. The van der Waals surface area contributed by atoms with Crippen LogP contribution in [0, 0.1) is 11.3 Å². The first-order valence-electron chi connectivity index (χ1n) is 12.7. The van der Waals surface area contributed by atoms with Gasteiger partial charge in [-0.2, -0.15) is 0 Å². The van der Waals surface area contributed by atoms with Crippen molar-refractivity contribution in [3.63, 3.8) is 0 Å². The van der Waals surface area contributed by atoms with Gasteiger partial charge in [0.1, 0.15) is 12.4 Å². The average molecular weight is 451 g/mol. The zero-order valence-electron chi connectivity index (χ0n) is 19.5. The van der Waals surface area contributed by atoms with Gasteiger partial charge in [0.2, 0.25) is 0 Å². The van der Waals surface area contributed by atoms with Gasteiger partial charge in [0.15, 0.2) is 12.6 Å². The molecule has 176 valence electrons. The molecule has 2 bridgehead atoms. The van der Waals surface area contributed by atoms with Gasteiger partial charge in [0.25, 0.3) is 5.91 Å². The number of piperidine rings is 3. The second-order valence-electron chi connectivity index (χ2n) is 10.5. The fourth-order valence-corrected chi connectivity index (χ4v) is 6.54. The number of hydrogen-bond donors (Lipinski definition) is 1. The number of carbonyl (C=O) groups excluding carboxylic acids is 2.